The van der Waals surface area contributed by atoms with Crippen molar-refractivity contribution in [2.24, 2.45) is 28.4 Å². The summed E-state index contributed by atoms with van der Waals surface area (Å²) in [4.78, 5) is 38.4. The number of hydrogen-bond donors (Lipinski definition) is 4. The van der Waals surface area contributed by atoms with Crippen LogP contribution in [0.5, 0.6) is 11.5 Å². The van der Waals surface area contributed by atoms with Gasteiger partial charge in [0.25, 0.3) is 0 Å². The molecule has 1 saturated heterocycles. The first-order valence-corrected chi connectivity index (χ1v) is 26.7. The van der Waals surface area contributed by atoms with E-state index >= 15 is 0 Å². The minimum Gasteiger partial charge on any atom is -0.490 e. The lowest BCUT2D eigenvalue weighted by atomic mass is 9.72. The van der Waals surface area contributed by atoms with E-state index in [9.17, 15) is 14.4 Å². The molecule has 69 heavy (non-hydrogen) atoms. The van der Waals surface area contributed by atoms with Gasteiger partial charge in [0, 0.05) is 36.0 Å². The minimum absolute atomic E-state index is 0.0694. The van der Waals surface area contributed by atoms with Crippen LogP contribution in [0.4, 0.5) is 0 Å². The maximum absolute atomic E-state index is 10.5. The van der Waals surface area contributed by atoms with Crippen LogP contribution in [-0.2, 0) is 25.4 Å². The molecule has 2 aromatic heterocycles. The molecule has 0 amide bonds. The third-order valence-corrected chi connectivity index (χ3v) is 15.6. The number of thiazole rings is 2. The van der Waals surface area contributed by atoms with Crippen LogP contribution in [0.1, 0.15) is 148 Å². The lowest BCUT2D eigenvalue weighted by Crippen LogP contribution is -2.41. The number of nitrogens with zero attached hydrogens (tertiary/aromatic N) is 2. The Morgan fingerprint density at radius 1 is 0.768 bits per heavy atom. The van der Waals surface area contributed by atoms with Gasteiger partial charge in [-0.25, -0.2) is 9.97 Å². The number of halogens is 1. The van der Waals surface area contributed by atoms with E-state index in [0.717, 1.165) is 81.6 Å². The number of nitrogens with one attached hydrogen (secondary N) is 1. The third-order valence-electron chi connectivity index (χ3n) is 13.3. The van der Waals surface area contributed by atoms with Gasteiger partial charge < -0.3 is 40.0 Å². The molecule has 17 heteroatoms. The maximum Gasteiger partial charge on any atom is 0.494 e. The van der Waals surface area contributed by atoms with Crippen molar-refractivity contribution in [3.05, 3.63) is 73.9 Å². The number of aromatic nitrogens is 2. The van der Waals surface area contributed by atoms with Crippen LogP contribution in [0.3, 0.4) is 0 Å². The summed E-state index contributed by atoms with van der Waals surface area (Å²) in [5, 5.41) is 24.9. The molecule has 380 valence electrons. The van der Waals surface area contributed by atoms with Crippen molar-refractivity contribution in [2.45, 2.75) is 163 Å². The fraction of sp³-hybridized carbons (Fsp3) is 0.596. The maximum atomic E-state index is 10.5. The van der Waals surface area contributed by atoms with E-state index in [0.29, 0.717) is 41.1 Å². The Morgan fingerprint density at radius 2 is 1.25 bits per heavy atom. The van der Waals surface area contributed by atoms with Gasteiger partial charge in [-0.2, -0.15) is 0 Å². The molecule has 3 aliphatic rings. The summed E-state index contributed by atoms with van der Waals surface area (Å²) < 4.78 is 25.4. The summed E-state index contributed by atoms with van der Waals surface area (Å²) in [6.07, 6.45) is 11.2. The van der Waals surface area contributed by atoms with Crippen LogP contribution in [0, 0.1) is 22.7 Å². The minimum atomic E-state index is -0.836. The topological polar surface area (TPSA) is 192 Å². The molecule has 3 fully saturated rings. The summed E-state index contributed by atoms with van der Waals surface area (Å²) >= 11 is 6.02. The Kier molecular flexibility index (Phi) is 22.4. The van der Waals surface area contributed by atoms with Crippen LogP contribution in [-0.4, -0.2) is 82.0 Å². The van der Waals surface area contributed by atoms with Gasteiger partial charge in [-0.3, -0.25) is 14.4 Å². The van der Waals surface area contributed by atoms with E-state index in [-0.39, 0.29) is 37.7 Å². The second-order valence-corrected chi connectivity index (χ2v) is 23.7. The van der Waals surface area contributed by atoms with Crippen molar-refractivity contribution in [1.29, 1.82) is 0 Å². The molecule has 0 bridgehead atoms. The molecule has 4 aromatic rings. The molecule has 5 N–H and O–H groups in total. The van der Waals surface area contributed by atoms with Crippen LogP contribution in [0.25, 0.3) is 11.3 Å². The van der Waals surface area contributed by atoms with E-state index < -0.39 is 11.9 Å². The van der Waals surface area contributed by atoms with Crippen molar-refractivity contribution >= 4 is 69.4 Å². The highest BCUT2D eigenvalue weighted by Crippen LogP contribution is 2.41. The van der Waals surface area contributed by atoms with Crippen molar-refractivity contribution < 1.29 is 43.4 Å². The van der Waals surface area contributed by atoms with E-state index in [4.69, 9.17) is 34.7 Å². The summed E-state index contributed by atoms with van der Waals surface area (Å²) in [5.41, 5.74) is 8.11. The van der Waals surface area contributed by atoms with Gasteiger partial charge in [0.15, 0.2) is 11.3 Å². The molecule has 1 aliphatic heterocycles. The fourth-order valence-electron chi connectivity index (χ4n) is 8.23. The number of carbonyl (C=O) groups is 3. The number of nitrogens with two attached hydrogens (primary N) is 1. The highest BCUT2D eigenvalue weighted by atomic mass is 79.9. The number of carboxylic acids is 2. The van der Waals surface area contributed by atoms with Crippen LogP contribution >= 0.6 is 38.6 Å². The molecule has 3 heterocycles. The zero-order valence-electron chi connectivity index (χ0n) is 42.3. The number of carboxylic acid groups (broad SMARTS) is 2. The predicted molar refractivity (Wildman–Crippen MR) is 282 cm³/mol. The molecule has 2 saturated carbocycles. The number of hydrogen-bond acceptors (Lipinski definition) is 13. The third kappa shape index (κ3) is 19.4. The normalized spacial score (nSPS) is 20.7. The van der Waals surface area contributed by atoms with Crippen LogP contribution in [0.2, 0.25) is 0 Å². The highest BCUT2D eigenvalue weighted by molar-refractivity contribution is 9.10. The van der Waals surface area contributed by atoms with Gasteiger partial charge in [0.2, 0.25) is 0 Å². The van der Waals surface area contributed by atoms with E-state index in [2.05, 4.69) is 137 Å². The second kappa shape index (κ2) is 26.7. The molecular formula is C52H76BBrN4O9S2. The van der Waals surface area contributed by atoms with Crippen LogP contribution in [0.15, 0.2) is 63.9 Å². The average molecular weight is 1060 g/mol. The SMILES string of the molecule is CC(C)(C)C1CCC(Oc2ccc(-c3csc(CNCCC(=O)O)n3)cc2)CC1.CC(C)(C)C1CCC(Oc2ccc(B3OC(C)(C)C(C)(C)O3)cc2)CC1.NCCC(=O)O.O=Cc1nc(Br)cs1. The van der Waals surface area contributed by atoms with Crippen molar-refractivity contribution in [1.82, 2.24) is 15.3 Å². The molecule has 2 aromatic carbocycles. The smallest absolute Gasteiger partial charge is 0.490 e. The quantitative estimate of drug-likeness (QED) is 0.0530. The summed E-state index contributed by atoms with van der Waals surface area (Å²) in [5.74, 6) is 1.86. The fourth-order valence-corrected chi connectivity index (χ4v) is 10.1. The zero-order chi connectivity index (χ0) is 51.0. The van der Waals surface area contributed by atoms with E-state index in [1.807, 2.05) is 17.5 Å². The zero-order valence-corrected chi connectivity index (χ0v) is 45.6. The van der Waals surface area contributed by atoms with Crippen molar-refractivity contribution in [3.63, 3.8) is 0 Å². The van der Waals surface area contributed by atoms with E-state index in [1.54, 1.807) is 16.7 Å². The first-order chi connectivity index (χ1) is 32.4. The standard InChI is InChI=1S/C23H32N2O3S.C22H35BO3.C4H2BrNOS.C3H7NO2/c1-23(2,3)17-6-10-19(11-7-17)28-18-8-4-16(5-9-18)20-15-29-21(25-20)14-24-13-12-22(26)27;1-20(2,3)16-8-12-18(13-9-16)24-19-14-10-17(11-15-19)23-25-21(4,5)22(6,7)26-23;5-3-2-8-4(1-7)6-3;4-2-1-3(5)6/h4-5,8-9,15,17,19,24H,6-7,10-14H2,1-3H3,(H,26,27);10-11,14-16,18H,8-9,12-13H2,1-7H3;1-2H;1-2,4H2,(H,5,6). The second-order valence-electron chi connectivity index (χ2n) is 21.1. The summed E-state index contributed by atoms with van der Waals surface area (Å²) in [6.45, 7) is 23.7. The number of aliphatic carboxylic acids is 2. The van der Waals surface area contributed by atoms with Gasteiger partial charge in [-0.15, -0.1) is 22.7 Å². The first-order valence-electron chi connectivity index (χ1n) is 24.1. The number of ether oxygens (including phenoxy) is 2. The number of benzene rings is 2. The molecule has 13 nitrogen and oxygen atoms in total. The Hall–Kier alpha value is -3.71. The molecule has 7 rings (SSSR count). The molecule has 2 aliphatic carbocycles. The van der Waals surface area contributed by atoms with Crippen molar-refractivity contribution in [3.8, 4) is 22.8 Å². The Bertz CT molecular complexity index is 2160. The first kappa shape index (κ1) is 57.9. The molecule has 0 spiro atoms. The van der Waals surface area contributed by atoms with Gasteiger partial charge in [0.1, 0.15) is 21.1 Å². The Balaban J connectivity index is 0.000000236. The molecule has 0 radical (unpaired) electrons. The van der Waals surface area contributed by atoms with E-state index in [1.165, 1.54) is 37.0 Å². The van der Waals surface area contributed by atoms with Crippen molar-refractivity contribution in [2.75, 3.05) is 13.1 Å². The average Bonchev–Trinajstić information content (AvgIpc) is 3.99. The number of aldehydes is 1. The predicted octanol–water partition coefficient (Wildman–Crippen LogP) is 11.5. The summed E-state index contributed by atoms with van der Waals surface area (Å²) in [6, 6.07) is 16.4. The molecule has 0 unspecified atom stereocenters. The van der Waals surface area contributed by atoms with Gasteiger partial charge >= 0.3 is 19.1 Å². The number of carbonyl (C=O) groups excluding carboxylic acids is 1. The summed E-state index contributed by atoms with van der Waals surface area (Å²) in [7, 11) is -0.309. The van der Waals surface area contributed by atoms with Crippen LogP contribution < -0.4 is 26.0 Å². The van der Waals surface area contributed by atoms with Gasteiger partial charge in [0.05, 0.1) is 41.9 Å². The van der Waals surface area contributed by atoms with Gasteiger partial charge in [-0.05, 0) is 160 Å². The Labute approximate surface area is 427 Å². The highest BCUT2D eigenvalue weighted by Gasteiger charge is 2.51. The Morgan fingerprint density at radius 3 is 1.62 bits per heavy atom. The lowest BCUT2D eigenvalue weighted by molar-refractivity contribution is -0.137. The largest absolute Gasteiger partial charge is 0.494 e. The lowest BCUT2D eigenvalue weighted by Gasteiger charge is -2.37. The van der Waals surface area contributed by atoms with Gasteiger partial charge in [-0.1, -0.05) is 53.7 Å². The molecular weight excluding hydrogens is 979 g/mol. The number of rotatable bonds is 14. The monoisotopic (exact) mass is 1050 g/mol. The molecule has 0 atom stereocenters.